The molecule has 0 radical (unpaired) electrons. The highest BCUT2D eigenvalue weighted by Gasteiger charge is 2.28. The molecule has 0 N–H and O–H groups in total. The molecule has 0 amide bonds. The molecule has 0 spiro atoms. The van der Waals surface area contributed by atoms with Gasteiger partial charge in [-0.05, 0) is 12.8 Å². The fourth-order valence-electron chi connectivity index (χ4n) is 3.96. The molecule has 10 nitrogen and oxygen atoms in total. The Morgan fingerprint density at radius 2 is 2.17 bits per heavy atom. The molecular weight excluding hydrogens is 370 g/mol. The van der Waals surface area contributed by atoms with E-state index in [0.717, 1.165) is 55.3 Å². The van der Waals surface area contributed by atoms with Gasteiger partial charge in [0.1, 0.15) is 12.2 Å². The lowest BCUT2D eigenvalue weighted by atomic mass is 9.97. The minimum atomic E-state index is 0.278. The molecular formula is C19H23N9O. The number of rotatable bonds is 5. The molecule has 0 saturated carbocycles. The summed E-state index contributed by atoms with van der Waals surface area (Å²) in [6.45, 7) is 4.42. The SMILES string of the molecule is CCc1nc2c(N3CCCC(c4nnc(Cn5ccnc5)n4C)C3)ncnc2o1. The second kappa shape index (κ2) is 7.26. The summed E-state index contributed by atoms with van der Waals surface area (Å²) in [4.78, 5) is 19.7. The van der Waals surface area contributed by atoms with Gasteiger partial charge < -0.3 is 18.5 Å². The van der Waals surface area contributed by atoms with Crippen molar-refractivity contribution in [1.82, 2.24) is 39.3 Å². The lowest BCUT2D eigenvalue weighted by Crippen LogP contribution is -2.36. The Morgan fingerprint density at radius 1 is 1.24 bits per heavy atom. The van der Waals surface area contributed by atoms with Crippen LogP contribution in [-0.4, -0.2) is 52.4 Å². The van der Waals surface area contributed by atoms with Crippen LogP contribution in [0.4, 0.5) is 5.82 Å². The van der Waals surface area contributed by atoms with Gasteiger partial charge in [0.05, 0.1) is 12.9 Å². The van der Waals surface area contributed by atoms with Crippen LogP contribution in [0.2, 0.25) is 0 Å². The first kappa shape index (κ1) is 17.8. The number of piperidine rings is 1. The molecule has 1 aliphatic rings. The van der Waals surface area contributed by atoms with E-state index in [0.29, 0.717) is 18.1 Å². The van der Waals surface area contributed by atoms with Crippen LogP contribution in [0.25, 0.3) is 11.2 Å². The van der Waals surface area contributed by atoms with E-state index in [2.05, 4.69) is 39.6 Å². The van der Waals surface area contributed by atoms with E-state index in [4.69, 9.17) is 4.42 Å². The Balaban J connectivity index is 1.40. The topological polar surface area (TPSA) is 104 Å². The highest BCUT2D eigenvalue weighted by atomic mass is 16.4. The molecule has 150 valence electrons. The number of aromatic nitrogens is 8. The first-order valence-corrected chi connectivity index (χ1v) is 9.92. The molecule has 0 aliphatic carbocycles. The number of hydrogen-bond acceptors (Lipinski definition) is 8. The molecule has 1 unspecified atom stereocenters. The second-order valence-electron chi connectivity index (χ2n) is 7.37. The summed E-state index contributed by atoms with van der Waals surface area (Å²) in [7, 11) is 2.04. The van der Waals surface area contributed by atoms with Crippen molar-refractivity contribution in [1.29, 1.82) is 0 Å². The van der Waals surface area contributed by atoms with Gasteiger partial charge in [-0.3, -0.25) is 0 Å². The normalized spacial score (nSPS) is 17.3. The molecule has 10 heteroatoms. The number of hydrogen-bond donors (Lipinski definition) is 0. The van der Waals surface area contributed by atoms with Gasteiger partial charge in [-0.1, -0.05) is 6.92 Å². The van der Waals surface area contributed by atoms with Crippen molar-refractivity contribution in [3.8, 4) is 0 Å². The minimum absolute atomic E-state index is 0.278. The largest absolute Gasteiger partial charge is 0.422 e. The van der Waals surface area contributed by atoms with E-state index in [9.17, 15) is 0 Å². The highest BCUT2D eigenvalue weighted by molar-refractivity contribution is 5.81. The van der Waals surface area contributed by atoms with Crippen LogP contribution in [0.1, 0.15) is 43.2 Å². The summed E-state index contributed by atoms with van der Waals surface area (Å²) in [5.41, 5.74) is 1.29. The van der Waals surface area contributed by atoms with E-state index in [-0.39, 0.29) is 5.92 Å². The number of nitrogens with zero attached hydrogens (tertiary/aromatic N) is 9. The third kappa shape index (κ3) is 3.24. The zero-order valence-corrected chi connectivity index (χ0v) is 16.6. The number of aryl methyl sites for hydroxylation is 1. The van der Waals surface area contributed by atoms with Crippen molar-refractivity contribution in [2.24, 2.45) is 7.05 Å². The predicted molar refractivity (Wildman–Crippen MR) is 105 cm³/mol. The van der Waals surface area contributed by atoms with Gasteiger partial charge in [0.15, 0.2) is 23.0 Å². The predicted octanol–water partition coefficient (Wildman–Crippen LogP) is 1.94. The Bertz CT molecular complexity index is 1110. The maximum Gasteiger partial charge on any atom is 0.252 e. The van der Waals surface area contributed by atoms with Crippen LogP contribution in [0.5, 0.6) is 0 Å². The Hall–Kier alpha value is -3.30. The summed E-state index contributed by atoms with van der Waals surface area (Å²) in [6.07, 6.45) is 9.90. The van der Waals surface area contributed by atoms with E-state index >= 15 is 0 Å². The van der Waals surface area contributed by atoms with Gasteiger partial charge in [-0.2, -0.15) is 4.98 Å². The van der Waals surface area contributed by atoms with Gasteiger partial charge >= 0.3 is 0 Å². The monoisotopic (exact) mass is 393 g/mol. The third-order valence-electron chi connectivity index (χ3n) is 5.49. The van der Waals surface area contributed by atoms with Crippen molar-refractivity contribution < 1.29 is 4.42 Å². The van der Waals surface area contributed by atoms with E-state index < -0.39 is 0 Å². The molecule has 4 aromatic rings. The van der Waals surface area contributed by atoms with Gasteiger partial charge in [-0.15, -0.1) is 10.2 Å². The van der Waals surface area contributed by atoms with Crippen molar-refractivity contribution >= 4 is 17.0 Å². The number of imidazole rings is 1. The summed E-state index contributed by atoms with van der Waals surface area (Å²) >= 11 is 0. The Kier molecular flexibility index (Phi) is 4.45. The van der Waals surface area contributed by atoms with Crippen LogP contribution in [0.3, 0.4) is 0 Å². The van der Waals surface area contributed by atoms with E-state index in [1.807, 2.05) is 24.7 Å². The maximum atomic E-state index is 5.71. The fraction of sp³-hybridized carbons (Fsp3) is 0.474. The summed E-state index contributed by atoms with van der Waals surface area (Å²) < 4.78 is 9.81. The van der Waals surface area contributed by atoms with Crippen molar-refractivity contribution in [2.45, 2.75) is 38.6 Å². The van der Waals surface area contributed by atoms with Crippen molar-refractivity contribution in [3.05, 3.63) is 42.6 Å². The van der Waals surface area contributed by atoms with Crippen molar-refractivity contribution in [2.75, 3.05) is 18.0 Å². The molecule has 29 heavy (non-hydrogen) atoms. The summed E-state index contributed by atoms with van der Waals surface area (Å²) in [5.74, 6) is 3.73. The van der Waals surface area contributed by atoms with Crippen molar-refractivity contribution in [3.63, 3.8) is 0 Å². The zero-order chi connectivity index (χ0) is 19.8. The van der Waals surface area contributed by atoms with Crippen LogP contribution in [0, 0.1) is 0 Å². The quantitative estimate of drug-likeness (QED) is 0.507. The van der Waals surface area contributed by atoms with Gasteiger partial charge in [0.25, 0.3) is 5.71 Å². The van der Waals surface area contributed by atoms with Crippen LogP contribution >= 0.6 is 0 Å². The fourth-order valence-corrected chi connectivity index (χ4v) is 3.96. The smallest absolute Gasteiger partial charge is 0.252 e. The van der Waals surface area contributed by atoms with Crippen LogP contribution < -0.4 is 4.90 Å². The molecule has 1 fully saturated rings. The first-order chi connectivity index (χ1) is 14.2. The van der Waals surface area contributed by atoms with E-state index in [1.54, 1.807) is 18.9 Å². The molecule has 1 saturated heterocycles. The Morgan fingerprint density at radius 3 is 3.00 bits per heavy atom. The number of anilines is 1. The van der Waals surface area contributed by atoms with Gasteiger partial charge in [0.2, 0.25) is 0 Å². The third-order valence-corrected chi connectivity index (χ3v) is 5.49. The standard InChI is InChI=1S/C19H23N9O/c1-3-15-23-16-18(21-11-22-19(16)29-15)28-7-4-5-13(9-28)17-25-24-14(26(17)2)10-27-8-6-20-12-27/h6,8,11-13H,3-5,7,9-10H2,1-2H3. The number of oxazole rings is 1. The van der Waals surface area contributed by atoms with Crippen LogP contribution in [-0.2, 0) is 20.0 Å². The van der Waals surface area contributed by atoms with Gasteiger partial charge in [-0.25, -0.2) is 15.0 Å². The highest BCUT2D eigenvalue weighted by Crippen LogP contribution is 2.31. The lowest BCUT2D eigenvalue weighted by molar-refractivity contribution is 0.476. The summed E-state index contributed by atoms with van der Waals surface area (Å²) in [6, 6.07) is 0. The molecule has 0 aromatic carbocycles. The molecule has 0 bridgehead atoms. The zero-order valence-electron chi connectivity index (χ0n) is 16.6. The van der Waals surface area contributed by atoms with Crippen LogP contribution in [0.15, 0.2) is 29.5 Å². The molecule has 4 aromatic heterocycles. The minimum Gasteiger partial charge on any atom is -0.422 e. The average Bonchev–Trinajstić information content (AvgIpc) is 3.48. The first-order valence-electron chi connectivity index (χ1n) is 9.92. The Labute approximate surface area is 167 Å². The molecule has 1 atom stereocenters. The molecule has 1 aliphatic heterocycles. The van der Waals surface area contributed by atoms with E-state index in [1.165, 1.54) is 0 Å². The second-order valence-corrected chi connectivity index (χ2v) is 7.37. The molecule has 5 rings (SSSR count). The lowest BCUT2D eigenvalue weighted by Gasteiger charge is -2.32. The maximum absolute atomic E-state index is 5.71. The number of fused-ring (bicyclic) bond motifs is 1. The average molecular weight is 393 g/mol. The molecule has 5 heterocycles. The van der Waals surface area contributed by atoms with Gasteiger partial charge in [0, 0.05) is 44.9 Å². The summed E-state index contributed by atoms with van der Waals surface area (Å²) in [5, 5.41) is 8.93.